The van der Waals surface area contributed by atoms with Crippen LogP contribution in [0.1, 0.15) is 0 Å². The van der Waals surface area contributed by atoms with E-state index in [1.165, 1.54) is 0 Å². The summed E-state index contributed by atoms with van der Waals surface area (Å²) in [7, 11) is 0. The summed E-state index contributed by atoms with van der Waals surface area (Å²) in [6, 6.07) is 0. The van der Waals surface area contributed by atoms with Crippen LogP contribution in [0.15, 0.2) is 20.7 Å². The fourth-order valence-corrected chi connectivity index (χ4v) is 0.345. The molecule has 1 aliphatic rings. The molecule has 0 N–H and O–H groups in total. The second kappa shape index (κ2) is 1.54. The Morgan fingerprint density at radius 1 is 1.17 bits per heavy atom. The van der Waals surface area contributed by atoms with E-state index in [9.17, 15) is 0 Å². The molecule has 0 amide bonds. The van der Waals surface area contributed by atoms with Crippen LogP contribution in [0.25, 0.3) is 0 Å². The van der Waals surface area contributed by atoms with Gasteiger partial charge in [0.25, 0.3) is 0 Å². The molecule has 0 aromatic rings. The molecule has 6 heavy (non-hydrogen) atoms. The Balaban J connectivity index is 2.86. The molecule has 0 saturated carbocycles. The third kappa shape index (κ3) is 0.671. The third-order valence-electron chi connectivity index (χ3n) is 0.301. The van der Waals surface area contributed by atoms with Gasteiger partial charge in [-0.1, -0.05) is 0 Å². The van der Waals surface area contributed by atoms with Gasteiger partial charge >= 0.3 is 46.3 Å². The van der Waals surface area contributed by atoms with Crippen LogP contribution in [-0.2, 0) is 0 Å². The molecule has 0 spiro atoms. The summed E-state index contributed by atoms with van der Waals surface area (Å²) in [6.45, 7) is 0. The quantitative estimate of drug-likeness (QED) is 0.492. The van der Waals surface area contributed by atoms with Crippen molar-refractivity contribution in [2.24, 2.45) is 20.7 Å². The Bertz CT molecular complexity index is 110. The molecule has 5 heteroatoms. The molecule has 0 aromatic heterocycles. The van der Waals surface area contributed by atoms with Gasteiger partial charge in [0.15, 0.2) is 0 Å². The van der Waals surface area contributed by atoms with E-state index in [0.717, 1.165) is 0 Å². The molecule has 0 radical (unpaired) electrons. The number of nitrogens with zero attached hydrogens (tertiary/aromatic N) is 4. The predicted molar refractivity (Wildman–Crippen MR) is 20.5 cm³/mol. The zero-order valence-corrected chi connectivity index (χ0v) is 5.03. The first kappa shape index (κ1) is 4.03. The Morgan fingerprint density at radius 3 is 1.83 bits per heavy atom. The van der Waals surface area contributed by atoms with Crippen molar-refractivity contribution >= 4 is 25.6 Å². The number of hydrogen-bond acceptors (Lipinski definition) is 4. The van der Waals surface area contributed by atoms with Gasteiger partial charge < -0.3 is 0 Å². The van der Waals surface area contributed by atoms with Crippen LogP contribution < -0.4 is 0 Å². The molecule has 0 saturated heterocycles. The van der Waals surface area contributed by atoms with Crippen LogP contribution in [0.4, 0.5) is 0 Å². The number of hydrogen-bond donors (Lipinski definition) is 0. The molecule has 4 nitrogen and oxygen atoms in total. The molecule has 0 bridgehead atoms. The standard InChI is InChI=1S/CN4Te/c6-1-2-4-5-3-1. The first-order valence-corrected chi connectivity index (χ1v) is 2.42. The maximum absolute atomic E-state index is 3.45. The molecule has 0 atom stereocenters. The second-order valence-electron chi connectivity index (χ2n) is 0.661. The van der Waals surface area contributed by atoms with E-state index in [4.69, 9.17) is 0 Å². The maximum atomic E-state index is 3.45. The Kier molecular flexibility index (Phi) is 1.03. The first-order chi connectivity index (χ1) is 2.89. The average molecular weight is 196 g/mol. The van der Waals surface area contributed by atoms with Crippen LogP contribution in [-0.4, -0.2) is 25.6 Å². The van der Waals surface area contributed by atoms with Crippen LogP contribution in [0.2, 0.25) is 0 Å². The molecule has 0 unspecified atom stereocenters. The van der Waals surface area contributed by atoms with Crippen molar-refractivity contribution in [3.63, 3.8) is 0 Å². The SMILES string of the molecule is [Te]=C1N=NN=N1. The van der Waals surface area contributed by atoms with Crippen molar-refractivity contribution in [3.8, 4) is 0 Å². The van der Waals surface area contributed by atoms with E-state index in [-0.39, 0.29) is 0 Å². The van der Waals surface area contributed by atoms with Gasteiger partial charge in [-0.25, -0.2) is 0 Å². The minimum absolute atomic E-state index is 0.630. The van der Waals surface area contributed by atoms with Gasteiger partial charge in [-0.05, 0) is 0 Å². The minimum atomic E-state index is 0.630. The van der Waals surface area contributed by atoms with Crippen LogP contribution in [0, 0.1) is 0 Å². The Morgan fingerprint density at radius 2 is 1.67 bits per heavy atom. The second-order valence-corrected chi connectivity index (χ2v) is 1.70. The normalized spacial score (nSPS) is 17.0. The zero-order chi connectivity index (χ0) is 4.41. The molecule has 30 valence electrons. The Labute approximate surface area is 46.7 Å². The molecular formula is CN4Te. The molecule has 0 aromatic carbocycles. The van der Waals surface area contributed by atoms with Crippen LogP contribution >= 0.6 is 0 Å². The van der Waals surface area contributed by atoms with E-state index in [0.29, 0.717) is 3.80 Å². The van der Waals surface area contributed by atoms with Gasteiger partial charge in [0.05, 0.1) is 0 Å². The fraction of sp³-hybridized carbons (Fsp3) is 0. The van der Waals surface area contributed by atoms with E-state index < -0.39 is 0 Å². The van der Waals surface area contributed by atoms with Crippen LogP contribution in [0.3, 0.4) is 0 Å². The summed E-state index contributed by atoms with van der Waals surface area (Å²) in [5, 5.41) is 13.3. The number of rotatable bonds is 0. The molecule has 1 aliphatic heterocycles. The molecule has 0 aliphatic carbocycles. The van der Waals surface area contributed by atoms with Gasteiger partial charge in [0.2, 0.25) is 0 Å². The van der Waals surface area contributed by atoms with E-state index in [1.807, 2.05) is 0 Å². The van der Waals surface area contributed by atoms with Gasteiger partial charge in [-0.3, -0.25) is 0 Å². The van der Waals surface area contributed by atoms with Crippen molar-refractivity contribution in [3.05, 3.63) is 0 Å². The molecule has 1 rings (SSSR count). The van der Waals surface area contributed by atoms with Crippen molar-refractivity contribution in [2.75, 3.05) is 0 Å². The third-order valence-corrected chi connectivity index (χ3v) is 0.767. The average Bonchev–Trinajstić information content (AvgIpc) is 1.86. The topological polar surface area (TPSA) is 49.4 Å². The van der Waals surface area contributed by atoms with Crippen LogP contribution in [0.5, 0.6) is 0 Å². The first-order valence-electron chi connectivity index (χ1n) is 1.25. The van der Waals surface area contributed by atoms with E-state index in [1.54, 1.807) is 21.8 Å². The van der Waals surface area contributed by atoms with Gasteiger partial charge in [-0.15, -0.1) is 0 Å². The molecular weight excluding hydrogens is 196 g/mol. The van der Waals surface area contributed by atoms with Crippen molar-refractivity contribution in [1.82, 2.24) is 0 Å². The summed E-state index contributed by atoms with van der Waals surface area (Å²) in [6.07, 6.45) is 0. The predicted octanol–water partition coefficient (Wildman–Crippen LogP) is 0.0753. The van der Waals surface area contributed by atoms with Crippen molar-refractivity contribution < 1.29 is 0 Å². The summed E-state index contributed by atoms with van der Waals surface area (Å²) in [5.41, 5.74) is 0. The van der Waals surface area contributed by atoms with Gasteiger partial charge in [-0.2, -0.15) is 0 Å². The molecule has 0 fully saturated rings. The Hall–Kier alpha value is -0.140. The fourth-order valence-electron chi connectivity index (χ4n) is 0.137. The summed E-state index contributed by atoms with van der Waals surface area (Å²) in [5.74, 6) is 0. The molecule has 1 heterocycles. The van der Waals surface area contributed by atoms with E-state index in [2.05, 4.69) is 20.7 Å². The summed E-state index contributed by atoms with van der Waals surface area (Å²) >= 11 is 1.67. The van der Waals surface area contributed by atoms with Crippen molar-refractivity contribution in [1.29, 1.82) is 0 Å². The van der Waals surface area contributed by atoms with Gasteiger partial charge in [0, 0.05) is 0 Å². The summed E-state index contributed by atoms with van der Waals surface area (Å²) < 4.78 is 0.630. The van der Waals surface area contributed by atoms with Gasteiger partial charge in [0.1, 0.15) is 0 Å². The summed E-state index contributed by atoms with van der Waals surface area (Å²) in [4.78, 5) is 0. The van der Waals surface area contributed by atoms with E-state index >= 15 is 0 Å². The monoisotopic (exact) mass is 198 g/mol. The zero-order valence-electron chi connectivity index (χ0n) is 2.70. The van der Waals surface area contributed by atoms with Crippen molar-refractivity contribution in [2.45, 2.75) is 0 Å².